The van der Waals surface area contributed by atoms with E-state index in [4.69, 9.17) is 0 Å². The normalized spacial score (nSPS) is 18.0. The number of carbonyl (C=O) groups excluding carboxylic acids is 1. The fourth-order valence-corrected chi connectivity index (χ4v) is 2.54. The average molecular weight is 256 g/mol. The molecule has 2 amide bonds. The Morgan fingerprint density at radius 3 is 2.50 bits per heavy atom. The number of aliphatic hydroxyl groups is 1. The van der Waals surface area contributed by atoms with Crippen LogP contribution in [0.3, 0.4) is 0 Å². The first-order valence-electron chi connectivity index (χ1n) is 7.25. The van der Waals surface area contributed by atoms with Crippen molar-refractivity contribution in [1.82, 2.24) is 10.6 Å². The maximum absolute atomic E-state index is 11.7. The van der Waals surface area contributed by atoms with Gasteiger partial charge in [-0.05, 0) is 25.2 Å². The van der Waals surface area contributed by atoms with Gasteiger partial charge >= 0.3 is 6.03 Å². The summed E-state index contributed by atoms with van der Waals surface area (Å²) in [6.45, 7) is 5.20. The van der Waals surface area contributed by atoms with E-state index in [2.05, 4.69) is 24.5 Å². The zero-order valence-corrected chi connectivity index (χ0v) is 11.8. The molecular weight excluding hydrogens is 228 g/mol. The second kappa shape index (κ2) is 7.62. The number of unbranched alkanes of at least 4 members (excludes halogenated alkanes) is 1. The minimum Gasteiger partial charge on any atom is -0.394 e. The molecule has 1 saturated carbocycles. The van der Waals surface area contributed by atoms with Gasteiger partial charge in [-0.15, -0.1) is 0 Å². The van der Waals surface area contributed by atoms with Crippen LogP contribution in [0.15, 0.2) is 0 Å². The Labute approximate surface area is 111 Å². The van der Waals surface area contributed by atoms with Crippen molar-refractivity contribution in [2.24, 2.45) is 5.92 Å². The monoisotopic (exact) mass is 256 g/mol. The molecule has 0 aromatic heterocycles. The summed E-state index contributed by atoms with van der Waals surface area (Å²) in [6, 6.07) is -0.129. The van der Waals surface area contributed by atoms with Crippen LogP contribution in [0, 0.1) is 5.92 Å². The summed E-state index contributed by atoms with van der Waals surface area (Å²) in [5, 5.41) is 15.2. The molecule has 0 bridgehead atoms. The van der Waals surface area contributed by atoms with Crippen molar-refractivity contribution in [1.29, 1.82) is 0 Å². The summed E-state index contributed by atoms with van der Waals surface area (Å²) < 4.78 is 0. The van der Waals surface area contributed by atoms with Gasteiger partial charge in [0, 0.05) is 6.54 Å². The molecule has 0 spiro atoms. The molecule has 18 heavy (non-hydrogen) atoms. The maximum Gasteiger partial charge on any atom is 0.315 e. The van der Waals surface area contributed by atoms with Crippen molar-refractivity contribution in [3.63, 3.8) is 0 Å². The van der Waals surface area contributed by atoms with E-state index in [9.17, 15) is 9.90 Å². The molecule has 0 atom stereocenters. The molecule has 1 aliphatic carbocycles. The summed E-state index contributed by atoms with van der Waals surface area (Å²) in [7, 11) is 0. The molecule has 1 rings (SSSR count). The second-order valence-electron chi connectivity index (χ2n) is 5.92. The summed E-state index contributed by atoms with van der Waals surface area (Å²) in [5.41, 5.74) is -0.359. The number of hydrogen-bond acceptors (Lipinski definition) is 2. The van der Waals surface area contributed by atoms with Crippen LogP contribution < -0.4 is 10.6 Å². The van der Waals surface area contributed by atoms with Gasteiger partial charge in [0.1, 0.15) is 0 Å². The van der Waals surface area contributed by atoms with E-state index in [-0.39, 0.29) is 18.2 Å². The summed E-state index contributed by atoms with van der Waals surface area (Å²) in [5.74, 6) is 0.731. The van der Waals surface area contributed by atoms with Gasteiger partial charge in [0.2, 0.25) is 0 Å². The molecular formula is C14H28N2O2. The molecule has 0 heterocycles. The molecule has 106 valence electrons. The fourth-order valence-electron chi connectivity index (χ4n) is 2.54. The largest absolute Gasteiger partial charge is 0.394 e. The predicted octanol–water partition coefficient (Wildman–Crippen LogP) is 2.42. The van der Waals surface area contributed by atoms with Crippen LogP contribution in [0.25, 0.3) is 0 Å². The Hall–Kier alpha value is -0.770. The van der Waals surface area contributed by atoms with Crippen LogP contribution in [-0.2, 0) is 0 Å². The molecule has 0 radical (unpaired) electrons. The minimum atomic E-state index is -0.359. The lowest BCUT2D eigenvalue weighted by Crippen LogP contribution is -2.52. The highest BCUT2D eigenvalue weighted by molar-refractivity contribution is 5.74. The van der Waals surface area contributed by atoms with E-state index in [1.54, 1.807) is 0 Å². The lowest BCUT2D eigenvalue weighted by molar-refractivity contribution is 0.163. The highest BCUT2D eigenvalue weighted by Gasteiger charge is 2.34. The van der Waals surface area contributed by atoms with E-state index in [0.717, 1.165) is 51.0 Å². The molecule has 0 aromatic rings. The topological polar surface area (TPSA) is 61.4 Å². The molecule has 0 unspecified atom stereocenters. The van der Waals surface area contributed by atoms with Gasteiger partial charge in [0.15, 0.2) is 0 Å². The maximum atomic E-state index is 11.7. The molecule has 1 fully saturated rings. The van der Waals surface area contributed by atoms with Crippen LogP contribution in [0.2, 0.25) is 0 Å². The zero-order chi connectivity index (χ0) is 13.4. The second-order valence-corrected chi connectivity index (χ2v) is 5.92. The molecule has 0 aliphatic heterocycles. The van der Waals surface area contributed by atoms with Crippen molar-refractivity contribution in [2.45, 2.75) is 64.3 Å². The van der Waals surface area contributed by atoms with Crippen molar-refractivity contribution < 1.29 is 9.90 Å². The Morgan fingerprint density at radius 2 is 1.94 bits per heavy atom. The molecule has 1 aliphatic rings. The summed E-state index contributed by atoms with van der Waals surface area (Å²) >= 11 is 0. The van der Waals surface area contributed by atoms with Crippen molar-refractivity contribution in [3.8, 4) is 0 Å². The van der Waals surface area contributed by atoms with E-state index < -0.39 is 0 Å². The quantitative estimate of drug-likeness (QED) is 0.613. The van der Waals surface area contributed by atoms with Gasteiger partial charge in [0.25, 0.3) is 0 Å². The van der Waals surface area contributed by atoms with Gasteiger partial charge < -0.3 is 15.7 Å². The van der Waals surface area contributed by atoms with Crippen molar-refractivity contribution >= 4 is 6.03 Å². The van der Waals surface area contributed by atoms with Crippen molar-refractivity contribution in [2.75, 3.05) is 13.2 Å². The number of urea groups is 1. The lowest BCUT2D eigenvalue weighted by Gasteiger charge is -2.27. The molecule has 0 saturated heterocycles. The number of aliphatic hydroxyl groups excluding tert-OH is 1. The van der Waals surface area contributed by atoms with Gasteiger partial charge in [0.05, 0.1) is 12.1 Å². The van der Waals surface area contributed by atoms with E-state index in [1.165, 1.54) is 6.42 Å². The highest BCUT2D eigenvalue weighted by Crippen LogP contribution is 2.28. The number of amides is 2. The number of hydrogen-bond donors (Lipinski definition) is 3. The van der Waals surface area contributed by atoms with E-state index >= 15 is 0 Å². The van der Waals surface area contributed by atoms with Gasteiger partial charge in [-0.25, -0.2) is 4.79 Å². The number of nitrogens with one attached hydrogen (secondary N) is 2. The summed E-state index contributed by atoms with van der Waals surface area (Å²) in [6.07, 6.45) is 7.36. The van der Waals surface area contributed by atoms with E-state index in [1.807, 2.05) is 0 Å². The fraction of sp³-hybridized carbons (Fsp3) is 0.929. The zero-order valence-electron chi connectivity index (χ0n) is 11.8. The standard InChI is InChI=1S/C14H28N2O2/c1-12(2)7-3-6-10-15-13(18)16-14(11-17)8-4-5-9-14/h12,17H,3-11H2,1-2H3,(H2,15,16,18). The molecule has 0 aromatic carbocycles. The first-order valence-corrected chi connectivity index (χ1v) is 7.25. The first kappa shape index (κ1) is 15.3. The third kappa shape index (κ3) is 5.25. The van der Waals surface area contributed by atoms with Crippen LogP contribution >= 0.6 is 0 Å². The van der Waals surface area contributed by atoms with E-state index in [0.29, 0.717) is 0 Å². The highest BCUT2D eigenvalue weighted by atomic mass is 16.3. The Morgan fingerprint density at radius 1 is 1.28 bits per heavy atom. The van der Waals surface area contributed by atoms with Gasteiger partial charge in [-0.1, -0.05) is 39.5 Å². The number of rotatable bonds is 7. The Bertz CT molecular complexity index is 248. The lowest BCUT2D eigenvalue weighted by atomic mass is 9.99. The van der Waals surface area contributed by atoms with Crippen LogP contribution in [0.4, 0.5) is 4.79 Å². The average Bonchev–Trinajstić information content (AvgIpc) is 2.77. The SMILES string of the molecule is CC(C)CCCCNC(=O)NC1(CO)CCCC1. The predicted molar refractivity (Wildman–Crippen MR) is 73.5 cm³/mol. The molecule has 4 nitrogen and oxygen atoms in total. The third-order valence-electron chi connectivity index (χ3n) is 3.74. The third-order valence-corrected chi connectivity index (χ3v) is 3.74. The first-order chi connectivity index (χ1) is 8.58. The Kier molecular flexibility index (Phi) is 6.47. The minimum absolute atomic E-state index is 0.0494. The van der Waals surface area contributed by atoms with Crippen LogP contribution in [0.1, 0.15) is 58.8 Å². The van der Waals surface area contributed by atoms with Gasteiger partial charge in [-0.2, -0.15) is 0 Å². The Balaban J connectivity index is 2.13. The van der Waals surface area contributed by atoms with Gasteiger partial charge in [-0.3, -0.25) is 0 Å². The number of carbonyl (C=O) groups is 1. The molecule has 4 heteroatoms. The smallest absolute Gasteiger partial charge is 0.315 e. The van der Waals surface area contributed by atoms with Crippen LogP contribution in [-0.4, -0.2) is 29.8 Å². The molecule has 3 N–H and O–H groups in total. The van der Waals surface area contributed by atoms with Crippen LogP contribution in [0.5, 0.6) is 0 Å². The van der Waals surface area contributed by atoms with Crippen molar-refractivity contribution in [3.05, 3.63) is 0 Å². The summed E-state index contributed by atoms with van der Waals surface area (Å²) in [4.78, 5) is 11.7.